The SMILES string of the molecule is COCCNC(=O)c1cn([C@@H]2CCCN(C(=O)c3ccccc3Cl)C2)nn1. The first-order chi connectivity index (χ1) is 13.1. The number of carbonyl (C=O) groups is 2. The molecule has 8 nitrogen and oxygen atoms in total. The summed E-state index contributed by atoms with van der Waals surface area (Å²) in [5, 5.41) is 11.2. The highest BCUT2D eigenvalue weighted by atomic mass is 35.5. The van der Waals surface area contributed by atoms with Crippen molar-refractivity contribution in [1.82, 2.24) is 25.2 Å². The summed E-state index contributed by atoms with van der Waals surface area (Å²) in [6.45, 7) is 2.01. The van der Waals surface area contributed by atoms with E-state index in [4.69, 9.17) is 16.3 Å². The zero-order chi connectivity index (χ0) is 19.2. The Kier molecular flexibility index (Phi) is 6.41. The van der Waals surface area contributed by atoms with Crippen LogP contribution in [0.5, 0.6) is 0 Å². The lowest BCUT2D eigenvalue weighted by atomic mass is 10.0. The number of hydrogen-bond acceptors (Lipinski definition) is 5. The molecule has 1 aliphatic heterocycles. The van der Waals surface area contributed by atoms with Crippen LogP contribution in [0.1, 0.15) is 39.7 Å². The fourth-order valence-electron chi connectivity index (χ4n) is 3.08. The maximum atomic E-state index is 12.8. The molecule has 0 saturated carbocycles. The Morgan fingerprint density at radius 3 is 2.96 bits per heavy atom. The van der Waals surface area contributed by atoms with Crippen molar-refractivity contribution in [1.29, 1.82) is 0 Å². The Morgan fingerprint density at radius 1 is 1.37 bits per heavy atom. The minimum atomic E-state index is -0.293. The van der Waals surface area contributed by atoms with E-state index in [2.05, 4.69) is 15.6 Å². The molecule has 1 saturated heterocycles. The fourth-order valence-corrected chi connectivity index (χ4v) is 3.29. The molecule has 0 unspecified atom stereocenters. The van der Waals surface area contributed by atoms with Gasteiger partial charge in [-0.05, 0) is 25.0 Å². The van der Waals surface area contributed by atoms with Gasteiger partial charge in [0.15, 0.2) is 5.69 Å². The Balaban J connectivity index is 1.65. The molecule has 144 valence electrons. The number of nitrogens with one attached hydrogen (secondary N) is 1. The molecule has 9 heteroatoms. The molecule has 0 bridgehead atoms. The number of hydrogen-bond donors (Lipinski definition) is 1. The maximum absolute atomic E-state index is 12.8. The minimum absolute atomic E-state index is 0.0294. The Bertz CT molecular complexity index is 810. The van der Waals surface area contributed by atoms with Crippen molar-refractivity contribution < 1.29 is 14.3 Å². The van der Waals surface area contributed by atoms with Gasteiger partial charge in [0.05, 0.1) is 29.4 Å². The van der Waals surface area contributed by atoms with Gasteiger partial charge in [-0.25, -0.2) is 4.68 Å². The molecule has 1 atom stereocenters. The highest BCUT2D eigenvalue weighted by molar-refractivity contribution is 6.33. The lowest BCUT2D eigenvalue weighted by molar-refractivity contribution is 0.0671. The average Bonchev–Trinajstić information content (AvgIpc) is 3.18. The van der Waals surface area contributed by atoms with Crippen molar-refractivity contribution in [3.63, 3.8) is 0 Å². The molecule has 0 aliphatic carbocycles. The molecular weight excluding hydrogens is 370 g/mol. The van der Waals surface area contributed by atoms with E-state index < -0.39 is 0 Å². The third-order valence-electron chi connectivity index (χ3n) is 4.50. The van der Waals surface area contributed by atoms with Gasteiger partial charge in [0, 0.05) is 26.7 Å². The number of nitrogens with zero attached hydrogens (tertiary/aromatic N) is 4. The lowest BCUT2D eigenvalue weighted by Gasteiger charge is -2.32. The summed E-state index contributed by atoms with van der Waals surface area (Å²) in [6, 6.07) is 7.01. The smallest absolute Gasteiger partial charge is 0.273 e. The van der Waals surface area contributed by atoms with E-state index >= 15 is 0 Å². The summed E-state index contributed by atoms with van der Waals surface area (Å²) >= 11 is 6.15. The van der Waals surface area contributed by atoms with Crippen LogP contribution in [0.25, 0.3) is 0 Å². The molecule has 0 spiro atoms. The normalized spacial score (nSPS) is 17.0. The van der Waals surface area contributed by atoms with Crippen LogP contribution in [-0.4, -0.2) is 65.1 Å². The number of methoxy groups -OCH3 is 1. The van der Waals surface area contributed by atoms with E-state index in [1.54, 1.807) is 47.2 Å². The first kappa shape index (κ1) is 19.3. The van der Waals surface area contributed by atoms with Gasteiger partial charge in [-0.15, -0.1) is 5.10 Å². The zero-order valence-electron chi connectivity index (χ0n) is 15.1. The predicted molar refractivity (Wildman–Crippen MR) is 99.9 cm³/mol. The van der Waals surface area contributed by atoms with Crippen molar-refractivity contribution in [3.8, 4) is 0 Å². The molecule has 1 aromatic carbocycles. The predicted octanol–water partition coefficient (Wildman–Crippen LogP) is 1.78. The van der Waals surface area contributed by atoms with Crippen molar-refractivity contribution in [3.05, 3.63) is 46.7 Å². The molecular formula is C18H22ClN5O3. The van der Waals surface area contributed by atoms with Gasteiger partial charge < -0.3 is 15.0 Å². The average molecular weight is 392 g/mol. The molecule has 1 fully saturated rings. The van der Waals surface area contributed by atoms with Gasteiger partial charge in [-0.2, -0.15) is 0 Å². The highest BCUT2D eigenvalue weighted by Gasteiger charge is 2.27. The van der Waals surface area contributed by atoms with E-state index in [1.807, 2.05) is 0 Å². The number of benzene rings is 1. The number of amides is 2. The van der Waals surface area contributed by atoms with Crippen LogP contribution in [0.2, 0.25) is 5.02 Å². The van der Waals surface area contributed by atoms with Crippen LogP contribution in [0, 0.1) is 0 Å². The molecule has 2 aromatic rings. The molecule has 0 radical (unpaired) electrons. The Hall–Kier alpha value is -2.45. The van der Waals surface area contributed by atoms with Crippen LogP contribution < -0.4 is 5.32 Å². The van der Waals surface area contributed by atoms with Crippen molar-refractivity contribution in [2.75, 3.05) is 33.4 Å². The highest BCUT2D eigenvalue weighted by Crippen LogP contribution is 2.24. The van der Waals surface area contributed by atoms with E-state index in [1.165, 1.54) is 0 Å². The second kappa shape index (κ2) is 8.96. The van der Waals surface area contributed by atoms with Crippen molar-refractivity contribution in [2.45, 2.75) is 18.9 Å². The van der Waals surface area contributed by atoms with Crippen LogP contribution in [0.15, 0.2) is 30.5 Å². The fraction of sp³-hybridized carbons (Fsp3) is 0.444. The maximum Gasteiger partial charge on any atom is 0.273 e. The number of likely N-dealkylation sites (tertiary alicyclic amines) is 1. The van der Waals surface area contributed by atoms with Crippen LogP contribution in [-0.2, 0) is 4.74 Å². The standard InChI is InChI=1S/C18H22ClN5O3/c1-27-10-8-20-17(25)16-12-24(22-21-16)13-5-4-9-23(11-13)18(26)14-6-2-3-7-15(14)19/h2-3,6-7,12-13H,4-5,8-11H2,1H3,(H,20,25)/t13-/m1/s1. The number of ether oxygens (including phenoxy) is 1. The van der Waals surface area contributed by atoms with E-state index in [0.717, 1.165) is 12.8 Å². The van der Waals surface area contributed by atoms with Crippen molar-refractivity contribution >= 4 is 23.4 Å². The van der Waals surface area contributed by atoms with E-state index in [0.29, 0.717) is 36.8 Å². The molecule has 3 rings (SSSR count). The topological polar surface area (TPSA) is 89.4 Å². The number of aromatic nitrogens is 3. The summed E-state index contributed by atoms with van der Waals surface area (Å²) in [5.74, 6) is -0.388. The Morgan fingerprint density at radius 2 is 2.19 bits per heavy atom. The summed E-state index contributed by atoms with van der Waals surface area (Å²) in [4.78, 5) is 26.6. The molecule has 1 N–H and O–H groups in total. The molecule has 27 heavy (non-hydrogen) atoms. The minimum Gasteiger partial charge on any atom is -0.383 e. The third kappa shape index (κ3) is 4.64. The summed E-state index contributed by atoms with van der Waals surface area (Å²) in [7, 11) is 1.57. The van der Waals surface area contributed by atoms with Crippen LogP contribution in [0.3, 0.4) is 0 Å². The van der Waals surface area contributed by atoms with Crippen LogP contribution >= 0.6 is 11.6 Å². The summed E-state index contributed by atoms with van der Waals surface area (Å²) < 4.78 is 6.57. The number of halogens is 1. The number of piperidine rings is 1. The van der Waals surface area contributed by atoms with Crippen molar-refractivity contribution in [2.24, 2.45) is 0 Å². The first-order valence-electron chi connectivity index (χ1n) is 8.83. The monoisotopic (exact) mass is 391 g/mol. The molecule has 2 amide bonds. The van der Waals surface area contributed by atoms with Gasteiger partial charge in [0.25, 0.3) is 11.8 Å². The van der Waals surface area contributed by atoms with Gasteiger partial charge >= 0.3 is 0 Å². The lowest BCUT2D eigenvalue weighted by Crippen LogP contribution is -2.41. The molecule has 1 aromatic heterocycles. The largest absolute Gasteiger partial charge is 0.383 e. The first-order valence-corrected chi connectivity index (χ1v) is 9.20. The van der Waals surface area contributed by atoms with Gasteiger partial charge in [0.1, 0.15) is 0 Å². The second-order valence-corrected chi connectivity index (χ2v) is 6.77. The summed E-state index contributed by atoms with van der Waals surface area (Å²) in [6.07, 6.45) is 3.33. The molecule has 1 aliphatic rings. The summed E-state index contributed by atoms with van der Waals surface area (Å²) in [5.41, 5.74) is 0.747. The van der Waals surface area contributed by atoms with Gasteiger partial charge in [0.2, 0.25) is 0 Å². The molecule has 2 heterocycles. The number of rotatable bonds is 6. The zero-order valence-corrected chi connectivity index (χ0v) is 15.9. The van der Waals surface area contributed by atoms with Crippen LogP contribution in [0.4, 0.5) is 0 Å². The van der Waals surface area contributed by atoms with E-state index in [9.17, 15) is 9.59 Å². The van der Waals surface area contributed by atoms with E-state index in [-0.39, 0.29) is 23.6 Å². The third-order valence-corrected chi connectivity index (χ3v) is 4.83. The Labute approximate surface area is 162 Å². The van der Waals surface area contributed by atoms with Gasteiger partial charge in [-0.1, -0.05) is 28.9 Å². The second-order valence-electron chi connectivity index (χ2n) is 6.36. The quantitative estimate of drug-likeness (QED) is 0.758. The number of carbonyl (C=O) groups excluding carboxylic acids is 2. The van der Waals surface area contributed by atoms with Gasteiger partial charge in [-0.3, -0.25) is 9.59 Å².